The summed E-state index contributed by atoms with van der Waals surface area (Å²) in [7, 11) is -2.41. The number of aromatic nitrogens is 1. The number of sulfonamides is 1. The number of amides is 1. The summed E-state index contributed by atoms with van der Waals surface area (Å²) in [5.41, 5.74) is 2.03. The van der Waals surface area contributed by atoms with Crippen LogP contribution in [-0.4, -0.2) is 32.6 Å². The van der Waals surface area contributed by atoms with Crippen LogP contribution in [0.4, 0.5) is 0 Å². The van der Waals surface area contributed by atoms with Crippen LogP contribution in [0.5, 0.6) is 11.5 Å². The van der Waals surface area contributed by atoms with E-state index in [1.54, 1.807) is 19.2 Å². The van der Waals surface area contributed by atoms with Crippen molar-refractivity contribution in [2.75, 3.05) is 7.11 Å². The molecule has 0 saturated heterocycles. The number of benzene rings is 2. The Hall–Kier alpha value is -3.37. The molecule has 1 aromatic heterocycles. The minimum absolute atomic E-state index is 0.0574. The van der Waals surface area contributed by atoms with E-state index in [9.17, 15) is 13.2 Å². The number of hydrogen-bond donors (Lipinski definition) is 2. The first kappa shape index (κ1) is 24.3. The van der Waals surface area contributed by atoms with Crippen molar-refractivity contribution in [2.45, 2.75) is 44.9 Å². The molecule has 0 spiro atoms. The first-order valence-electron chi connectivity index (χ1n) is 10.3. The summed E-state index contributed by atoms with van der Waals surface area (Å²) in [5.74, 6) is 0.796. The van der Waals surface area contributed by atoms with Crippen molar-refractivity contribution in [1.82, 2.24) is 15.2 Å². The minimum atomic E-state index is -3.95. The Morgan fingerprint density at radius 1 is 1.09 bits per heavy atom. The number of carbonyl (C=O) groups is 1. The molecule has 0 radical (unpaired) electrons. The van der Waals surface area contributed by atoms with Gasteiger partial charge in [-0.25, -0.2) is 8.42 Å². The fourth-order valence-electron chi connectivity index (χ4n) is 3.22. The summed E-state index contributed by atoms with van der Waals surface area (Å²) in [5, 5.41) is 6.37. The van der Waals surface area contributed by atoms with Gasteiger partial charge in [-0.05, 0) is 44.0 Å². The molecule has 9 nitrogen and oxygen atoms in total. The minimum Gasteiger partial charge on any atom is -0.493 e. The van der Waals surface area contributed by atoms with Crippen LogP contribution < -0.4 is 19.5 Å². The third-order valence-electron chi connectivity index (χ3n) is 4.89. The van der Waals surface area contributed by atoms with Gasteiger partial charge in [-0.1, -0.05) is 41.6 Å². The molecule has 33 heavy (non-hydrogen) atoms. The summed E-state index contributed by atoms with van der Waals surface area (Å²) < 4.78 is 43.7. The van der Waals surface area contributed by atoms with Crippen LogP contribution in [0.2, 0.25) is 0 Å². The van der Waals surface area contributed by atoms with E-state index in [4.69, 9.17) is 14.0 Å². The third-order valence-corrected chi connectivity index (χ3v) is 6.68. The monoisotopic (exact) mass is 473 g/mol. The molecule has 0 aliphatic rings. The molecule has 10 heteroatoms. The highest BCUT2D eigenvalue weighted by molar-refractivity contribution is 7.89. The summed E-state index contributed by atoms with van der Waals surface area (Å²) in [6.07, 6.45) is 0. The van der Waals surface area contributed by atoms with Gasteiger partial charge in [0.1, 0.15) is 17.2 Å². The van der Waals surface area contributed by atoms with Crippen LogP contribution in [0.1, 0.15) is 29.5 Å². The van der Waals surface area contributed by atoms with Gasteiger partial charge in [-0.15, -0.1) is 0 Å². The van der Waals surface area contributed by atoms with Gasteiger partial charge in [0.05, 0.1) is 13.2 Å². The largest absolute Gasteiger partial charge is 0.493 e. The fourth-order valence-corrected chi connectivity index (χ4v) is 4.75. The molecule has 0 unspecified atom stereocenters. The van der Waals surface area contributed by atoms with Crippen LogP contribution in [0.25, 0.3) is 0 Å². The summed E-state index contributed by atoms with van der Waals surface area (Å²) in [6.45, 7) is 5.07. The second-order valence-corrected chi connectivity index (χ2v) is 9.12. The van der Waals surface area contributed by atoms with Crippen LogP contribution in [0, 0.1) is 13.8 Å². The molecule has 1 amide bonds. The van der Waals surface area contributed by atoms with Gasteiger partial charge in [0.2, 0.25) is 15.9 Å². The highest BCUT2D eigenvalue weighted by Gasteiger charge is 2.28. The van der Waals surface area contributed by atoms with Crippen molar-refractivity contribution in [3.05, 3.63) is 71.1 Å². The van der Waals surface area contributed by atoms with Crippen molar-refractivity contribution in [3.63, 3.8) is 0 Å². The van der Waals surface area contributed by atoms with Gasteiger partial charge in [0.15, 0.2) is 17.3 Å². The van der Waals surface area contributed by atoms with Gasteiger partial charge < -0.3 is 19.3 Å². The summed E-state index contributed by atoms with van der Waals surface area (Å²) in [4.78, 5) is 12.4. The molecule has 176 valence electrons. The molecule has 0 aliphatic heterocycles. The number of hydrogen-bond acceptors (Lipinski definition) is 7. The topological polar surface area (TPSA) is 120 Å². The molecule has 0 saturated carbocycles. The smallest absolute Gasteiger partial charge is 0.246 e. The zero-order valence-corrected chi connectivity index (χ0v) is 19.7. The lowest BCUT2D eigenvalue weighted by Crippen LogP contribution is -2.44. The van der Waals surface area contributed by atoms with E-state index in [1.807, 2.05) is 36.4 Å². The standard InChI is InChI=1S/C23H27N3O6S/c1-15-22(17(3)32-25-15)33(28,29)26-16(2)23(27)24-13-19-10-11-20(21(12-19)30-4)31-14-18-8-6-5-7-9-18/h5-12,16,26H,13-14H2,1-4H3,(H,24,27)/t16-/m0/s1. The van der Waals surface area contributed by atoms with Gasteiger partial charge in [-0.3, -0.25) is 4.79 Å². The molecule has 3 aromatic rings. The summed E-state index contributed by atoms with van der Waals surface area (Å²) in [6, 6.07) is 14.1. The van der Waals surface area contributed by atoms with Gasteiger partial charge in [0.25, 0.3) is 0 Å². The van der Waals surface area contributed by atoms with Crippen LogP contribution in [-0.2, 0) is 28.0 Å². The lowest BCUT2D eigenvalue weighted by molar-refractivity contribution is -0.122. The molecule has 3 rings (SSSR count). The fraction of sp³-hybridized carbons (Fsp3) is 0.304. The van der Waals surface area contributed by atoms with Gasteiger partial charge in [-0.2, -0.15) is 4.72 Å². The van der Waals surface area contributed by atoms with Crippen LogP contribution in [0.3, 0.4) is 0 Å². The highest BCUT2D eigenvalue weighted by atomic mass is 32.2. The predicted octanol–water partition coefficient (Wildman–Crippen LogP) is 2.86. The zero-order valence-electron chi connectivity index (χ0n) is 18.9. The molecule has 2 N–H and O–H groups in total. The van der Waals surface area contributed by atoms with E-state index in [1.165, 1.54) is 20.8 Å². The molecule has 1 atom stereocenters. The van der Waals surface area contributed by atoms with E-state index in [-0.39, 0.29) is 22.9 Å². The third kappa shape index (κ3) is 6.11. The average Bonchev–Trinajstić information content (AvgIpc) is 3.15. The van der Waals surface area contributed by atoms with Crippen molar-refractivity contribution < 1.29 is 27.2 Å². The van der Waals surface area contributed by atoms with Crippen molar-refractivity contribution in [1.29, 1.82) is 0 Å². The van der Waals surface area contributed by atoms with Crippen molar-refractivity contribution in [3.8, 4) is 11.5 Å². The zero-order chi connectivity index (χ0) is 24.0. The number of carbonyl (C=O) groups excluding carboxylic acids is 1. The number of aryl methyl sites for hydroxylation is 2. The lowest BCUT2D eigenvalue weighted by atomic mass is 10.2. The quantitative estimate of drug-likeness (QED) is 0.465. The van der Waals surface area contributed by atoms with Crippen molar-refractivity contribution >= 4 is 15.9 Å². The van der Waals surface area contributed by atoms with Gasteiger partial charge in [0, 0.05) is 6.54 Å². The lowest BCUT2D eigenvalue weighted by Gasteiger charge is -2.15. The number of methoxy groups -OCH3 is 1. The van der Waals surface area contributed by atoms with E-state index >= 15 is 0 Å². The molecule has 0 bridgehead atoms. The SMILES string of the molecule is COc1cc(CNC(=O)[C@H](C)NS(=O)(=O)c2c(C)noc2C)ccc1OCc1ccccc1. The Morgan fingerprint density at radius 3 is 2.45 bits per heavy atom. The van der Waals surface area contributed by atoms with E-state index in [0.717, 1.165) is 11.1 Å². The number of ether oxygens (including phenoxy) is 2. The molecule has 2 aromatic carbocycles. The molecule has 0 fully saturated rings. The Morgan fingerprint density at radius 2 is 1.82 bits per heavy atom. The maximum Gasteiger partial charge on any atom is 0.246 e. The number of nitrogens with zero attached hydrogens (tertiary/aromatic N) is 1. The number of nitrogens with one attached hydrogen (secondary N) is 2. The van der Waals surface area contributed by atoms with E-state index in [2.05, 4.69) is 15.2 Å². The Kier molecular flexibility index (Phi) is 7.72. The van der Waals surface area contributed by atoms with Gasteiger partial charge >= 0.3 is 0 Å². The first-order valence-corrected chi connectivity index (χ1v) is 11.8. The highest BCUT2D eigenvalue weighted by Crippen LogP contribution is 2.29. The maximum absolute atomic E-state index is 12.6. The maximum atomic E-state index is 12.6. The van der Waals surface area contributed by atoms with Crippen molar-refractivity contribution in [2.24, 2.45) is 0 Å². The second kappa shape index (κ2) is 10.5. The molecule has 1 heterocycles. The second-order valence-electron chi connectivity index (χ2n) is 7.47. The van der Waals surface area contributed by atoms with E-state index in [0.29, 0.717) is 18.1 Å². The van der Waals surface area contributed by atoms with Crippen LogP contribution in [0.15, 0.2) is 57.9 Å². The average molecular weight is 474 g/mol. The Bertz CT molecular complexity index is 1190. The predicted molar refractivity (Wildman–Crippen MR) is 121 cm³/mol. The molecule has 0 aliphatic carbocycles. The molecular weight excluding hydrogens is 446 g/mol. The normalized spacial score (nSPS) is 12.2. The number of rotatable bonds is 10. The van der Waals surface area contributed by atoms with Crippen LogP contribution >= 0.6 is 0 Å². The summed E-state index contributed by atoms with van der Waals surface area (Å²) >= 11 is 0. The van der Waals surface area contributed by atoms with E-state index < -0.39 is 22.0 Å². The first-order chi connectivity index (χ1) is 15.7. The Labute approximate surface area is 193 Å². The molecular formula is C23H27N3O6S. The Balaban J connectivity index is 1.59.